The molecule has 3 N–H and O–H groups in total. The Balaban J connectivity index is 1.91. The summed E-state index contributed by atoms with van der Waals surface area (Å²) in [6.45, 7) is 4.10. The number of carbonyl (C=O) groups excluding carboxylic acids is 1. The van der Waals surface area contributed by atoms with Gasteiger partial charge >= 0.3 is 0 Å². The predicted molar refractivity (Wildman–Crippen MR) is 107 cm³/mol. The molecule has 0 aromatic heterocycles. The van der Waals surface area contributed by atoms with E-state index in [2.05, 4.69) is 17.2 Å². The normalized spacial score (nSPS) is 30.7. The molecule has 0 heterocycles. The van der Waals surface area contributed by atoms with Gasteiger partial charge in [-0.05, 0) is 50.1 Å². The molecule has 2 aliphatic rings. The first kappa shape index (κ1) is 21.5. The topological polar surface area (TPSA) is 72.8 Å². The van der Waals surface area contributed by atoms with Gasteiger partial charge in [-0.25, -0.2) is 0 Å². The molecule has 0 saturated heterocycles. The van der Waals surface area contributed by atoms with Gasteiger partial charge in [-0.15, -0.1) is 11.8 Å². The fraction of sp³-hybridized carbons (Fsp3) is 0.682. The van der Waals surface area contributed by atoms with Crippen molar-refractivity contribution in [2.24, 2.45) is 23.7 Å². The summed E-state index contributed by atoms with van der Waals surface area (Å²) in [4.78, 5) is 13.2. The van der Waals surface area contributed by atoms with E-state index in [1.54, 1.807) is 25.9 Å². The highest BCUT2D eigenvalue weighted by atomic mass is 16.3. The minimum absolute atomic E-state index is 0.0529. The van der Waals surface area contributed by atoms with E-state index in [1.807, 2.05) is 25.3 Å². The lowest BCUT2D eigenvalue weighted by Crippen LogP contribution is -2.30. The molecule has 2 saturated carbocycles. The zero-order valence-corrected chi connectivity index (χ0v) is 17.0. The Bertz CT molecular complexity index is 629. The van der Waals surface area contributed by atoms with E-state index in [-0.39, 0.29) is 23.8 Å². The minimum Gasteiger partial charge on any atom is -0.392 e. The number of aliphatic hydroxyl groups is 2. The lowest BCUT2D eigenvalue weighted by Gasteiger charge is -2.19. The highest BCUT2D eigenvalue weighted by Gasteiger charge is 2.45. The molecular weight excluding hydrogens is 340 g/mol. The van der Waals surface area contributed by atoms with Gasteiger partial charge in [0, 0.05) is 26.4 Å². The van der Waals surface area contributed by atoms with Gasteiger partial charge in [-0.2, -0.15) is 0 Å². The van der Waals surface area contributed by atoms with Crippen LogP contribution in [0, 0.1) is 35.5 Å². The molecule has 2 fully saturated rings. The van der Waals surface area contributed by atoms with Crippen LogP contribution in [0.5, 0.6) is 0 Å². The van der Waals surface area contributed by atoms with Crippen molar-refractivity contribution >= 4 is 5.91 Å². The first-order valence-electron chi connectivity index (χ1n) is 9.89. The van der Waals surface area contributed by atoms with Gasteiger partial charge in [-0.1, -0.05) is 24.6 Å². The van der Waals surface area contributed by atoms with E-state index in [1.165, 1.54) is 5.57 Å². The number of hydrogen-bond acceptors (Lipinski definition) is 4. The van der Waals surface area contributed by atoms with Crippen molar-refractivity contribution in [1.82, 2.24) is 10.2 Å². The summed E-state index contributed by atoms with van der Waals surface area (Å²) >= 11 is 0. The Morgan fingerprint density at radius 2 is 2.15 bits per heavy atom. The Morgan fingerprint density at radius 1 is 1.41 bits per heavy atom. The maximum absolute atomic E-state index is 11.6. The molecular formula is C22H34N2O3. The number of aliphatic hydroxyl groups excluding tert-OH is 2. The van der Waals surface area contributed by atoms with Crippen LogP contribution < -0.4 is 5.32 Å². The van der Waals surface area contributed by atoms with Gasteiger partial charge < -0.3 is 20.4 Å². The molecule has 2 aliphatic carbocycles. The zero-order valence-electron chi connectivity index (χ0n) is 17.0. The standard InChI is InChI=1S/C22H34N2O3/c1-5-6-7-15(2)20(25)9-8-18-19-11-16(10-17(19)12-21(18)26)13-23-14-22(27)24(3)4/h8-9,13,15,17-21,23,25-26H,7,10-12,14H2,1-4H3/t15-,17-,18+,19-,20+,21+/m0/s1. The molecule has 6 atom stereocenters. The smallest absolute Gasteiger partial charge is 0.241 e. The van der Waals surface area contributed by atoms with Gasteiger partial charge in [0.25, 0.3) is 0 Å². The van der Waals surface area contributed by atoms with Gasteiger partial charge in [0.2, 0.25) is 5.91 Å². The number of nitrogens with zero attached hydrogens (tertiary/aromatic N) is 1. The summed E-state index contributed by atoms with van der Waals surface area (Å²) < 4.78 is 0. The van der Waals surface area contributed by atoms with Crippen LogP contribution in [0.4, 0.5) is 0 Å². The number of nitrogens with one attached hydrogen (secondary N) is 1. The molecule has 0 aromatic rings. The third-order valence-corrected chi connectivity index (χ3v) is 5.88. The van der Waals surface area contributed by atoms with Crippen LogP contribution in [-0.4, -0.2) is 53.9 Å². The zero-order chi connectivity index (χ0) is 20.0. The molecule has 0 bridgehead atoms. The van der Waals surface area contributed by atoms with Crippen LogP contribution in [0.2, 0.25) is 0 Å². The summed E-state index contributed by atoms with van der Waals surface area (Å²) in [5, 5.41) is 23.9. The highest BCUT2D eigenvalue weighted by molar-refractivity contribution is 5.77. The number of carbonyl (C=O) groups is 1. The van der Waals surface area contributed by atoms with Crippen molar-refractivity contribution in [3.63, 3.8) is 0 Å². The molecule has 2 rings (SSSR count). The van der Waals surface area contributed by atoms with Crippen LogP contribution in [0.1, 0.15) is 39.5 Å². The number of likely N-dealkylation sites (N-methyl/N-ethyl adjacent to an activating group) is 1. The highest BCUT2D eigenvalue weighted by Crippen LogP contribution is 2.50. The molecule has 0 aromatic carbocycles. The molecule has 0 radical (unpaired) electrons. The summed E-state index contributed by atoms with van der Waals surface area (Å²) in [5.41, 5.74) is 1.31. The Hall–Kier alpha value is -1.77. The van der Waals surface area contributed by atoms with Crippen molar-refractivity contribution in [3.8, 4) is 11.8 Å². The quantitative estimate of drug-likeness (QED) is 0.470. The van der Waals surface area contributed by atoms with E-state index in [4.69, 9.17) is 0 Å². The number of allylic oxidation sites excluding steroid dienone is 1. The molecule has 5 heteroatoms. The maximum Gasteiger partial charge on any atom is 0.241 e. The SMILES string of the molecule is CC#CC[C@H](C)[C@H](O)C=C[C@@H]1[C@H]2CC(=CNCC(=O)N(C)C)C[C@H]2C[C@H]1O. The third-order valence-electron chi connectivity index (χ3n) is 5.88. The number of rotatable bonds is 7. The van der Waals surface area contributed by atoms with Gasteiger partial charge in [0.1, 0.15) is 0 Å². The molecule has 27 heavy (non-hydrogen) atoms. The van der Waals surface area contributed by atoms with E-state index < -0.39 is 6.10 Å². The van der Waals surface area contributed by atoms with Crippen molar-refractivity contribution in [2.75, 3.05) is 20.6 Å². The Labute approximate surface area is 163 Å². The molecule has 0 aliphatic heterocycles. The average molecular weight is 375 g/mol. The minimum atomic E-state index is -0.535. The van der Waals surface area contributed by atoms with E-state index in [9.17, 15) is 15.0 Å². The maximum atomic E-state index is 11.6. The third kappa shape index (κ3) is 5.85. The second kappa shape index (κ2) is 9.96. The van der Waals surface area contributed by atoms with E-state index >= 15 is 0 Å². The fourth-order valence-electron chi connectivity index (χ4n) is 4.15. The van der Waals surface area contributed by atoms with Crippen LogP contribution in [0.25, 0.3) is 0 Å². The van der Waals surface area contributed by atoms with Gasteiger partial charge in [-0.3, -0.25) is 4.79 Å². The number of hydrogen-bond donors (Lipinski definition) is 3. The molecule has 0 unspecified atom stereocenters. The van der Waals surface area contributed by atoms with Crippen LogP contribution in [0.3, 0.4) is 0 Å². The van der Waals surface area contributed by atoms with Crippen LogP contribution >= 0.6 is 0 Å². The average Bonchev–Trinajstić information content (AvgIpc) is 3.13. The van der Waals surface area contributed by atoms with E-state index in [0.717, 1.165) is 19.3 Å². The summed E-state index contributed by atoms with van der Waals surface area (Å²) in [6.07, 6.45) is 8.36. The van der Waals surface area contributed by atoms with Crippen LogP contribution in [0.15, 0.2) is 23.9 Å². The predicted octanol–water partition coefficient (Wildman–Crippen LogP) is 1.92. The Morgan fingerprint density at radius 3 is 2.81 bits per heavy atom. The lowest BCUT2D eigenvalue weighted by atomic mass is 9.89. The molecule has 0 spiro atoms. The van der Waals surface area contributed by atoms with Crippen molar-refractivity contribution in [1.29, 1.82) is 0 Å². The largest absolute Gasteiger partial charge is 0.392 e. The van der Waals surface area contributed by atoms with Crippen LogP contribution in [-0.2, 0) is 4.79 Å². The van der Waals surface area contributed by atoms with Crippen molar-refractivity contribution < 1.29 is 15.0 Å². The molecule has 150 valence electrons. The Kier molecular flexibility index (Phi) is 7.94. The fourth-order valence-corrected chi connectivity index (χ4v) is 4.15. The second-order valence-corrected chi connectivity index (χ2v) is 8.17. The first-order chi connectivity index (χ1) is 12.8. The summed E-state index contributed by atoms with van der Waals surface area (Å²) in [5.74, 6) is 6.98. The lowest BCUT2D eigenvalue weighted by molar-refractivity contribution is -0.127. The first-order valence-corrected chi connectivity index (χ1v) is 9.89. The van der Waals surface area contributed by atoms with Crippen molar-refractivity contribution in [2.45, 2.75) is 51.7 Å². The molecule has 1 amide bonds. The number of amides is 1. The van der Waals surface area contributed by atoms with E-state index in [0.29, 0.717) is 24.8 Å². The van der Waals surface area contributed by atoms with Crippen molar-refractivity contribution in [3.05, 3.63) is 23.9 Å². The molecule has 5 nitrogen and oxygen atoms in total. The monoisotopic (exact) mass is 374 g/mol. The summed E-state index contributed by atoms with van der Waals surface area (Å²) in [6, 6.07) is 0. The second-order valence-electron chi connectivity index (χ2n) is 8.17. The van der Waals surface area contributed by atoms with Gasteiger partial charge in [0.05, 0.1) is 18.8 Å². The summed E-state index contributed by atoms with van der Waals surface area (Å²) in [7, 11) is 3.50. The van der Waals surface area contributed by atoms with Gasteiger partial charge in [0.15, 0.2) is 0 Å². The number of fused-ring (bicyclic) bond motifs is 1.